The van der Waals surface area contributed by atoms with E-state index in [0.29, 0.717) is 11.1 Å². The summed E-state index contributed by atoms with van der Waals surface area (Å²) < 4.78 is 5.01. The van der Waals surface area contributed by atoms with Crippen molar-refractivity contribution in [3.05, 3.63) is 65.7 Å². The number of phenolic OH excluding ortho intramolecular Hbond substituents is 1. The van der Waals surface area contributed by atoms with Crippen molar-refractivity contribution in [2.75, 3.05) is 0 Å². The Morgan fingerprint density at radius 3 is 2.24 bits per heavy atom. The van der Waals surface area contributed by atoms with Crippen LogP contribution in [-0.4, -0.2) is 22.2 Å². The van der Waals surface area contributed by atoms with Gasteiger partial charge in [0.2, 0.25) is 6.10 Å². The number of ether oxygens (including phenoxy) is 1. The third-order valence-corrected chi connectivity index (χ3v) is 2.90. The lowest BCUT2D eigenvalue weighted by Gasteiger charge is -2.14. The van der Waals surface area contributed by atoms with Gasteiger partial charge in [-0.15, -0.1) is 0 Å². The zero-order chi connectivity index (χ0) is 15.2. The van der Waals surface area contributed by atoms with Crippen LogP contribution in [0.3, 0.4) is 0 Å². The van der Waals surface area contributed by atoms with Crippen LogP contribution in [0.15, 0.2) is 54.6 Å². The number of hydrogen-bond acceptors (Lipinski definition) is 4. The molecule has 108 valence electrons. The lowest BCUT2D eigenvalue weighted by atomic mass is 10.1. The monoisotopic (exact) mass is 286 g/mol. The van der Waals surface area contributed by atoms with Crippen LogP contribution < -0.4 is 0 Å². The maximum absolute atomic E-state index is 11.9. The van der Waals surface area contributed by atoms with E-state index in [1.54, 1.807) is 48.5 Å². The minimum Gasteiger partial charge on any atom is -0.508 e. The third kappa shape index (κ3) is 3.82. The molecule has 5 nitrogen and oxygen atoms in total. The highest BCUT2D eigenvalue weighted by molar-refractivity contribution is 5.80. The summed E-state index contributed by atoms with van der Waals surface area (Å²) in [6, 6.07) is 14.6. The molecule has 2 aromatic carbocycles. The van der Waals surface area contributed by atoms with Gasteiger partial charge in [-0.3, -0.25) is 4.79 Å². The van der Waals surface area contributed by atoms with E-state index in [1.165, 1.54) is 6.07 Å². The van der Waals surface area contributed by atoms with Gasteiger partial charge >= 0.3 is 11.9 Å². The van der Waals surface area contributed by atoms with Gasteiger partial charge in [-0.1, -0.05) is 48.5 Å². The molecule has 2 rings (SSSR count). The van der Waals surface area contributed by atoms with Crippen LogP contribution in [0.25, 0.3) is 0 Å². The number of aromatic hydroxyl groups is 1. The van der Waals surface area contributed by atoms with Crippen molar-refractivity contribution >= 4 is 11.9 Å². The van der Waals surface area contributed by atoms with Gasteiger partial charge in [0.05, 0.1) is 6.42 Å². The minimum absolute atomic E-state index is 0.0268. The molecular weight excluding hydrogens is 272 g/mol. The van der Waals surface area contributed by atoms with Crippen LogP contribution in [0.4, 0.5) is 0 Å². The molecule has 2 aromatic rings. The van der Waals surface area contributed by atoms with Gasteiger partial charge in [-0.2, -0.15) is 0 Å². The van der Waals surface area contributed by atoms with E-state index >= 15 is 0 Å². The maximum Gasteiger partial charge on any atom is 0.349 e. The quantitative estimate of drug-likeness (QED) is 0.824. The first-order valence-corrected chi connectivity index (χ1v) is 6.32. The number of para-hydroxylation sites is 1. The van der Waals surface area contributed by atoms with Crippen molar-refractivity contribution in [3.8, 4) is 5.75 Å². The summed E-state index contributed by atoms with van der Waals surface area (Å²) in [7, 11) is 0. The molecule has 1 unspecified atom stereocenters. The molecule has 0 spiro atoms. The second-order valence-corrected chi connectivity index (χ2v) is 4.42. The van der Waals surface area contributed by atoms with Gasteiger partial charge in [-0.25, -0.2) is 4.79 Å². The first kappa shape index (κ1) is 14.6. The average molecular weight is 286 g/mol. The van der Waals surface area contributed by atoms with E-state index in [9.17, 15) is 14.7 Å². The smallest absolute Gasteiger partial charge is 0.349 e. The fourth-order valence-electron chi connectivity index (χ4n) is 1.88. The van der Waals surface area contributed by atoms with E-state index in [-0.39, 0.29) is 12.2 Å². The van der Waals surface area contributed by atoms with Crippen LogP contribution in [-0.2, 0) is 20.7 Å². The molecule has 0 amide bonds. The van der Waals surface area contributed by atoms with Crippen molar-refractivity contribution < 1.29 is 24.5 Å². The van der Waals surface area contributed by atoms with Crippen molar-refractivity contribution in [2.45, 2.75) is 12.5 Å². The first-order chi connectivity index (χ1) is 10.1. The normalized spacial score (nSPS) is 11.6. The Labute approximate surface area is 121 Å². The highest BCUT2D eigenvalue weighted by Gasteiger charge is 2.24. The summed E-state index contributed by atoms with van der Waals surface area (Å²) in [4.78, 5) is 23.1. The van der Waals surface area contributed by atoms with E-state index in [0.717, 1.165) is 0 Å². The largest absolute Gasteiger partial charge is 0.508 e. The number of carboxylic acid groups (broad SMARTS) is 1. The average Bonchev–Trinajstić information content (AvgIpc) is 2.48. The summed E-state index contributed by atoms with van der Waals surface area (Å²) in [5, 5.41) is 18.8. The SMILES string of the molecule is O=C(Cc1ccccc1O)OC(C(=O)O)c1ccccc1. The molecule has 0 radical (unpaired) electrons. The van der Waals surface area contributed by atoms with Gasteiger partial charge in [0, 0.05) is 11.1 Å². The zero-order valence-corrected chi connectivity index (χ0v) is 11.1. The van der Waals surface area contributed by atoms with Gasteiger partial charge in [0.15, 0.2) is 0 Å². The molecule has 0 heterocycles. The Kier molecular flexibility index (Phi) is 4.56. The topological polar surface area (TPSA) is 83.8 Å². The first-order valence-electron chi connectivity index (χ1n) is 6.32. The Bertz CT molecular complexity index is 636. The molecule has 21 heavy (non-hydrogen) atoms. The number of benzene rings is 2. The van der Waals surface area contributed by atoms with Gasteiger partial charge < -0.3 is 14.9 Å². The minimum atomic E-state index is -1.36. The Balaban J connectivity index is 2.10. The van der Waals surface area contributed by atoms with Gasteiger partial charge in [0.25, 0.3) is 0 Å². The number of carbonyl (C=O) groups excluding carboxylic acids is 1. The molecule has 0 aliphatic rings. The predicted molar refractivity (Wildman–Crippen MR) is 74.7 cm³/mol. The molecule has 0 aliphatic heterocycles. The second-order valence-electron chi connectivity index (χ2n) is 4.42. The zero-order valence-electron chi connectivity index (χ0n) is 11.1. The Morgan fingerprint density at radius 1 is 1.00 bits per heavy atom. The van der Waals surface area contributed by atoms with Crippen molar-refractivity contribution in [3.63, 3.8) is 0 Å². The van der Waals surface area contributed by atoms with Crippen molar-refractivity contribution in [2.24, 2.45) is 0 Å². The lowest BCUT2D eigenvalue weighted by molar-refractivity contribution is -0.164. The number of hydrogen-bond donors (Lipinski definition) is 2. The van der Waals surface area contributed by atoms with E-state index < -0.39 is 18.0 Å². The predicted octanol–water partition coefficient (Wildman–Crippen LogP) is 2.30. The number of aliphatic carboxylic acids is 1. The number of carbonyl (C=O) groups is 2. The molecule has 2 N–H and O–H groups in total. The summed E-state index contributed by atoms with van der Waals surface area (Å²) >= 11 is 0. The van der Waals surface area contributed by atoms with Gasteiger partial charge in [-0.05, 0) is 6.07 Å². The van der Waals surface area contributed by atoms with Gasteiger partial charge in [0.1, 0.15) is 5.75 Å². The van der Waals surface area contributed by atoms with Crippen molar-refractivity contribution in [1.82, 2.24) is 0 Å². The molecular formula is C16H14O5. The molecule has 0 saturated carbocycles. The highest BCUT2D eigenvalue weighted by Crippen LogP contribution is 2.21. The van der Waals surface area contributed by atoms with Crippen LogP contribution in [0.1, 0.15) is 17.2 Å². The molecule has 0 aliphatic carbocycles. The van der Waals surface area contributed by atoms with E-state index in [1.807, 2.05) is 0 Å². The fraction of sp³-hybridized carbons (Fsp3) is 0.125. The molecule has 1 atom stereocenters. The molecule has 5 heteroatoms. The Morgan fingerprint density at radius 2 is 1.62 bits per heavy atom. The number of esters is 1. The number of phenols is 1. The Hall–Kier alpha value is -2.82. The number of carboxylic acids is 1. The highest BCUT2D eigenvalue weighted by atomic mass is 16.6. The maximum atomic E-state index is 11.9. The molecule has 0 aromatic heterocycles. The van der Waals surface area contributed by atoms with Crippen LogP contribution in [0.2, 0.25) is 0 Å². The number of rotatable bonds is 5. The van der Waals surface area contributed by atoms with Crippen LogP contribution in [0, 0.1) is 0 Å². The fourth-order valence-corrected chi connectivity index (χ4v) is 1.88. The lowest BCUT2D eigenvalue weighted by Crippen LogP contribution is -2.20. The summed E-state index contributed by atoms with van der Waals surface area (Å²) in [6.45, 7) is 0. The summed E-state index contributed by atoms with van der Waals surface area (Å²) in [5.41, 5.74) is 0.773. The summed E-state index contributed by atoms with van der Waals surface area (Å²) in [5.74, 6) is -1.99. The third-order valence-electron chi connectivity index (χ3n) is 2.90. The van der Waals surface area contributed by atoms with E-state index in [2.05, 4.69) is 0 Å². The van der Waals surface area contributed by atoms with E-state index in [4.69, 9.17) is 9.84 Å². The standard InChI is InChI=1S/C16H14O5/c17-13-9-5-4-8-12(13)10-14(18)21-15(16(19)20)11-6-2-1-3-7-11/h1-9,15,17H,10H2,(H,19,20). The van der Waals surface area contributed by atoms with Crippen molar-refractivity contribution in [1.29, 1.82) is 0 Å². The second kappa shape index (κ2) is 6.56. The molecule has 0 saturated heterocycles. The summed E-state index contributed by atoms with van der Waals surface area (Å²) in [6.07, 6.45) is -1.55. The molecule has 0 fully saturated rings. The van der Waals surface area contributed by atoms with Crippen LogP contribution >= 0.6 is 0 Å². The molecule has 0 bridgehead atoms. The van der Waals surface area contributed by atoms with Crippen LogP contribution in [0.5, 0.6) is 5.75 Å².